The topological polar surface area (TPSA) is 104 Å². The van der Waals surface area contributed by atoms with Gasteiger partial charge in [-0.1, -0.05) is 22.9 Å². The number of nitrogens with zero attached hydrogens (tertiary/aromatic N) is 2. The number of nitriles is 1. The lowest BCUT2D eigenvalue weighted by Crippen LogP contribution is -2.05. The number of benzene rings is 1. The SMILES string of the molecule is CCC(=C(CC#N)C(=O)O)c1ccc(Br)cc1[N+](=O)[O-]. The van der Waals surface area contributed by atoms with E-state index in [1.807, 2.05) is 0 Å². The highest BCUT2D eigenvalue weighted by molar-refractivity contribution is 9.10. The highest BCUT2D eigenvalue weighted by Gasteiger charge is 2.22. The Labute approximate surface area is 123 Å². The van der Waals surface area contributed by atoms with Gasteiger partial charge in [0.2, 0.25) is 0 Å². The molecule has 0 fully saturated rings. The Balaban J connectivity index is 3.61. The quantitative estimate of drug-likeness (QED) is 0.502. The first-order valence-electron chi connectivity index (χ1n) is 5.68. The smallest absolute Gasteiger partial charge is 0.332 e. The molecule has 1 rings (SSSR count). The number of carboxylic acids is 1. The van der Waals surface area contributed by atoms with Crippen LogP contribution in [0.2, 0.25) is 0 Å². The zero-order chi connectivity index (χ0) is 15.3. The molecule has 0 bridgehead atoms. The van der Waals surface area contributed by atoms with Gasteiger partial charge in [0.25, 0.3) is 5.69 Å². The lowest BCUT2D eigenvalue weighted by atomic mass is 9.94. The molecule has 0 amide bonds. The number of aliphatic carboxylic acids is 1. The van der Waals surface area contributed by atoms with Crippen molar-refractivity contribution in [1.82, 2.24) is 0 Å². The summed E-state index contributed by atoms with van der Waals surface area (Å²) in [5.74, 6) is -1.24. The molecule has 1 N–H and O–H groups in total. The number of halogens is 1. The van der Waals surface area contributed by atoms with Gasteiger partial charge in [-0.3, -0.25) is 10.1 Å². The molecule has 0 spiro atoms. The number of nitro groups is 1. The Kier molecular flexibility index (Phi) is 5.41. The maximum atomic E-state index is 11.2. The second-order valence-electron chi connectivity index (χ2n) is 3.87. The van der Waals surface area contributed by atoms with E-state index in [4.69, 9.17) is 10.4 Å². The van der Waals surface area contributed by atoms with Crippen LogP contribution in [0, 0.1) is 21.4 Å². The van der Waals surface area contributed by atoms with Crippen LogP contribution >= 0.6 is 15.9 Å². The van der Waals surface area contributed by atoms with E-state index in [-0.39, 0.29) is 29.7 Å². The second kappa shape index (κ2) is 6.82. The maximum absolute atomic E-state index is 11.2. The third-order valence-electron chi connectivity index (χ3n) is 2.71. The summed E-state index contributed by atoms with van der Waals surface area (Å²) in [4.78, 5) is 21.7. The van der Waals surface area contributed by atoms with Crippen molar-refractivity contribution in [3.8, 4) is 6.07 Å². The van der Waals surface area contributed by atoms with Crippen LogP contribution in [0.4, 0.5) is 5.69 Å². The minimum absolute atomic E-state index is 0.111. The van der Waals surface area contributed by atoms with Gasteiger partial charge in [0.1, 0.15) is 0 Å². The van der Waals surface area contributed by atoms with Crippen LogP contribution in [-0.2, 0) is 4.79 Å². The Morgan fingerprint density at radius 1 is 1.55 bits per heavy atom. The summed E-state index contributed by atoms with van der Waals surface area (Å²) >= 11 is 3.14. The van der Waals surface area contributed by atoms with E-state index in [0.717, 1.165) is 0 Å². The monoisotopic (exact) mass is 338 g/mol. The summed E-state index contributed by atoms with van der Waals surface area (Å²) in [5.41, 5.74) is 0.236. The molecule has 0 aliphatic rings. The first kappa shape index (κ1) is 15.9. The summed E-state index contributed by atoms with van der Waals surface area (Å²) < 4.78 is 0.528. The maximum Gasteiger partial charge on any atom is 0.332 e. The van der Waals surface area contributed by atoms with Gasteiger partial charge in [0.05, 0.1) is 28.5 Å². The van der Waals surface area contributed by atoms with Gasteiger partial charge in [0.15, 0.2) is 0 Å². The van der Waals surface area contributed by atoms with Crippen LogP contribution in [0.3, 0.4) is 0 Å². The Bertz CT molecular complexity index is 632. The molecule has 0 heterocycles. The summed E-state index contributed by atoms with van der Waals surface area (Å²) in [6.45, 7) is 1.70. The van der Waals surface area contributed by atoms with Crippen LogP contribution in [0.1, 0.15) is 25.3 Å². The number of hydrogen-bond donors (Lipinski definition) is 1. The van der Waals surface area contributed by atoms with Gasteiger partial charge in [-0.2, -0.15) is 5.26 Å². The van der Waals surface area contributed by atoms with E-state index in [2.05, 4.69) is 15.9 Å². The van der Waals surface area contributed by atoms with E-state index >= 15 is 0 Å². The van der Waals surface area contributed by atoms with Gasteiger partial charge in [0, 0.05) is 10.5 Å². The molecule has 0 aliphatic heterocycles. The van der Waals surface area contributed by atoms with Crippen LogP contribution in [0.5, 0.6) is 0 Å². The molecule has 7 heteroatoms. The largest absolute Gasteiger partial charge is 0.478 e. The van der Waals surface area contributed by atoms with E-state index in [0.29, 0.717) is 10.0 Å². The molecular weight excluding hydrogens is 328 g/mol. The lowest BCUT2D eigenvalue weighted by Gasteiger charge is -2.10. The number of rotatable bonds is 5. The highest BCUT2D eigenvalue weighted by Crippen LogP contribution is 2.33. The van der Waals surface area contributed by atoms with E-state index < -0.39 is 10.9 Å². The highest BCUT2D eigenvalue weighted by atomic mass is 79.9. The first-order valence-corrected chi connectivity index (χ1v) is 6.48. The molecule has 0 atom stereocenters. The number of carboxylic acid groups (broad SMARTS) is 1. The van der Waals surface area contributed by atoms with E-state index in [1.54, 1.807) is 19.1 Å². The summed E-state index contributed by atoms with van der Waals surface area (Å²) in [5, 5.41) is 29.0. The molecule has 0 radical (unpaired) electrons. The molecule has 0 saturated heterocycles. The van der Waals surface area contributed by atoms with Gasteiger partial charge < -0.3 is 5.11 Å². The summed E-state index contributed by atoms with van der Waals surface area (Å²) in [6, 6.07) is 6.18. The fourth-order valence-electron chi connectivity index (χ4n) is 1.87. The molecule has 0 aliphatic carbocycles. The number of allylic oxidation sites excluding steroid dienone is 1. The zero-order valence-corrected chi connectivity index (χ0v) is 12.2. The van der Waals surface area contributed by atoms with Crippen LogP contribution < -0.4 is 0 Å². The third kappa shape index (κ3) is 3.42. The Hall–Kier alpha value is -2.20. The summed E-state index contributed by atoms with van der Waals surface area (Å²) in [7, 11) is 0. The van der Waals surface area contributed by atoms with Crippen molar-refractivity contribution in [2.75, 3.05) is 0 Å². The number of hydrogen-bond acceptors (Lipinski definition) is 4. The van der Waals surface area contributed by atoms with Gasteiger partial charge in [-0.15, -0.1) is 0 Å². The van der Waals surface area contributed by atoms with Crippen molar-refractivity contribution in [3.63, 3.8) is 0 Å². The van der Waals surface area contributed by atoms with Crippen molar-refractivity contribution < 1.29 is 14.8 Å². The molecule has 104 valence electrons. The average molecular weight is 339 g/mol. The van der Waals surface area contributed by atoms with Gasteiger partial charge in [-0.25, -0.2) is 4.79 Å². The molecule has 20 heavy (non-hydrogen) atoms. The Morgan fingerprint density at radius 2 is 2.20 bits per heavy atom. The predicted octanol–water partition coefficient (Wildman–Crippen LogP) is 3.52. The van der Waals surface area contributed by atoms with Crippen LogP contribution in [0.25, 0.3) is 5.57 Å². The van der Waals surface area contributed by atoms with Crippen molar-refractivity contribution in [3.05, 3.63) is 43.9 Å². The molecular formula is C13H11BrN2O4. The number of carbonyl (C=O) groups is 1. The fourth-order valence-corrected chi connectivity index (χ4v) is 2.22. The minimum Gasteiger partial charge on any atom is -0.478 e. The molecule has 0 aromatic heterocycles. The predicted molar refractivity (Wildman–Crippen MR) is 75.9 cm³/mol. The van der Waals surface area contributed by atoms with Crippen molar-refractivity contribution >= 4 is 33.2 Å². The zero-order valence-electron chi connectivity index (χ0n) is 10.6. The van der Waals surface area contributed by atoms with Crippen LogP contribution in [0.15, 0.2) is 28.2 Å². The normalized spacial score (nSPS) is 11.4. The van der Waals surface area contributed by atoms with Crippen molar-refractivity contribution in [1.29, 1.82) is 5.26 Å². The molecule has 1 aromatic carbocycles. The second-order valence-corrected chi connectivity index (χ2v) is 4.78. The van der Waals surface area contributed by atoms with Gasteiger partial charge in [-0.05, 0) is 24.1 Å². The molecule has 6 nitrogen and oxygen atoms in total. The Morgan fingerprint density at radius 3 is 2.65 bits per heavy atom. The average Bonchev–Trinajstić information content (AvgIpc) is 2.39. The first-order chi connectivity index (χ1) is 9.42. The van der Waals surface area contributed by atoms with Crippen molar-refractivity contribution in [2.45, 2.75) is 19.8 Å². The van der Waals surface area contributed by atoms with Gasteiger partial charge >= 0.3 is 5.97 Å². The molecule has 0 saturated carbocycles. The van der Waals surface area contributed by atoms with Crippen LogP contribution in [-0.4, -0.2) is 16.0 Å². The third-order valence-corrected chi connectivity index (χ3v) is 3.21. The standard InChI is InChI=1S/C13H11BrN2O4/c1-2-9(11(5-6-15)13(17)18)10-4-3-8(14)7-12(10)16(19)20/h3-4,7H,2,5H2,1H3,(H,17,18). The summed E-state index contributed by atoms with van der Waals surface area (Å²) in [6.07, 6.45) is -0.0164. The van der Waals surface area contributed by atoms with E-state index in [9.17, 15) is 14.9 Å². The molecule has 0 unspecified atom stereocenters. The van der Waals surface area contributed by atoms with E-state index in [1.165, 1.54) is 12.1 Å². The number of nitro benzene ring substituents is 1. The minimum atomic E-state index is -1.24. The fraction of sp³-hybridized carbons (Fsp3) is 0.231. The lowest BCUT2D eigenvalue weighted by molar-refractivity contribution is -0.385. The van der Waals surface area contributed by atoms with Crippen molar-refractivity contribution in [2.24, 2.45) is 0 Å². The molecule has 1 aromatic rings.